The topological polar surface area (TPSA) is 86.7 Å². The van der Waals surface area contributed by atoms with Crippen molar-refractivity contribution >= 4 is 40.6 Å². The van der Waals surface area contributed by atoms with Crippen LogP contribution in [-0.4, -0.2) is 64.0 Å². The van der Waals surface area contributed by atoms with E-state index in [1.807, 2.05) is 0 Å². The van der Waals surface area contributed by atoms with Crippen molar-refractivity contribution in [2.75, 3.05) is 36.9 Å². The molecule has 0 bridgehead atoms. The Labute approximate surface area is 107 Å². The van der Waals surface area contributed by atoms with Gasteiger partial charge in [-0.2, -0.15) is 0 Å². The van der Waals surface area contributed by atoms with Gasteiger partial charge in [-0.25, -0.2) is 0 Å². The number of hydrogen-bond acceptors (Lipinski definition) is 5. The van der Waals surface area contributed by atoms with Crippen LogP contribution in [-0.2, 0) is 9.59 Å². The number of aliphatic carboxylic acids is 1. The van der Waals surface area contributed by atoms with E-state index in [-0.39, 0.29) is 22.7 Å². The van der Waals surface area contributed by atoms with E-state index in [0.717, 1.165) is 24.1 Å². The normalized spacial score (nSPS) is 15.1. The molecule has 0 aromatic carbocycles. The Morgan fingerprint density at radius 1 is 1.47 bits per heavy atom. The molecule has 8 heteroatoms. The molecule has 2 N–H and O–H groups in total. The quantitative estimate of drug-likeness (QED) is 0.686. The maximum Gasteiger partial charge on any atom is 0.313 e. The number of nitrogens with zero attached hydrogens (tertiary/aromatic N) is 1. The van der Waals surface area contributed by atoms with E-state index in [2.05, 4.69) is 5.32 Å². The first kappa shape index (κ1) is 14.2. The summed E-state index contributed by atoms with van der Waals surface area (Å²) in [5.74, 6) is -0.261. The number of nitrogens with one attached hydrogen (secondary N) is 1. The van der Waals surface area contributed by atoms with Gasteiger partial charge in [0.25, 0.3) is 5.24 Å². The summed E-state index contributed by atoms with van der Waals surface area (Å²) in [6, 6.07) is 0. The Kier molecular flexibility index (Phi) is 6.20. The van der Waals surface area contributed by atoms with E-state index in [1.54, 1.807) is 4.90 Å². The second-order valence-corrected chi connectivity index (χ2v) is 5.37. The molecule has 2 amide bonds. The van der Waals surface area contributed by atoms with Gasteiger partial charge in [-0.1, -0.05) is 11.8 Å². The number of thioether (sulfide) groups is 2. The van der Waals surface area contributed by atoms with Crippen molar-refractivity contribution < 1.29 is 19.5 Å². The number of amides is 2. The van der Waals surface area contributed by atoms with Crippen molar-refractivity contribution in [2.24, 2.45) is 0 Å². The van der Waals surface area contributed by atoms with Crippen molar-refractivity contribution in [2.45, 2.75) is 0 Å². The van der Waals surface area contributed by atoms with Crippen LogP contribution >= 0.6 is 23.5 Å². The molecular weight excluding hydrogens is 264 g/mol. The predicted molar refractivity (Wildman–Crippen MR) is 67.4 cm³/mol. The molecule has 0 saturated carbocycles. The van der Waals surface area contributed by atoms with Gasteiger partial charge in [-0.15, -0.1) is 11.8 Å². The van der Waals surface area contributed by atoms with Crippen LogP contribution in [0.1, 0.15) is 0 Å². The molecule has 0 aromatic heterocycles. The molecule has 1 saturated heterocycles. The molecule has 0 unspecified atom stereocenters. The molecule has 0 atom stereocenters. The lowest BCUT2D eigenvalue weighted by atomic mass is 10.5. The van der Waals surface area contributed by atoms with Crippen LogP contribution in [0.2, 0.25) is 0 Å². The molecular formula is C9H14N2O4S2. The van der Waals surface area contributed by atoms with Crippen LogP contribution in [0.4, 0.5) is 4.79 Å². The largest absolute Gasteiger partial charge is 0.481 e. The van der Waals surface area contributed by atoms with Gasteiger partial charge in [0.1, 0.15) is 0 Å². The van der Waals surface area contributed by atoms with Crippen LogP contribution in [0.25, 0.3) is 0 Å². The fourth-order valence-electron chi connectivity index (χ4n) is 1.24. The molecule has 96 valence electrons. The summed E-state index contributed by atoms with van der Waals surface area (Å²) in [4.78, 5) is 34.3. The number of carbonyl (C=O) groups excluding carboxylic acids is 2. The molecule has 0 aromatic rings. The van der Waals surface area contributed by atoms with Crippen molar-refractivity contribution in [3.05, 3.63) is 0 Å². The third-order valence-electron chi connectivity index (χ3n) is 2.01. The Morgan fingerprint density at radius 2 is 2.24 bits per heavy atom. The van der Waals surface area contributed by atoms with Crippen LogP contribution in [0.5, 0.6) is 0 Å². The Bertz CT molecular complexity index is 311. The number of hydrogen-bond donors (Lipinski definition) is 2. The first-order valence-electron chi connectivity index (χ1n) is 5.07. The third-order valence-corrected chi connectivity index (χ3v) is 3.82. The minimum Gasteiger partial charge on any atom is -0.481 e. The monoisotopic (exact) mass is 278 g/mol. The summed E-state index contributed by atoms with van der Waals surface area (Å²) in [6.07, 6.45) is 0. The second-order valence-electron chi connectivity index (χ2n) is 3.34. The standard InChI is InChI=1S/C9H14N2O4S2/c12-7(5-16-6-8(13)14)10-1-2-11-3-4-17-9(11)15/h1-6H2,(H,10,12)(H,13,14). The highest BCUT2D eigenvalue weighted by molar-refractivity contribution is 8.13. The van der Waals surface area contributed by atoms with Crippen LogP contribution in [0.3, 0.4) is 0 Å². The van der Waals surface area contributed by atoms with Crippen LogP contribution in [0.15, 0.2) is 0 Å². The smallest absolute Gasteiger partial charge is 0.313 e. The molecule has 1 fully saturated rings. The van der Waals surface area contributed by atoms with Gasteiger partial charge in [0, 0.05) is 25.4 Å². The SMILES string of the molecule is O=C(O)CSCC(=O)NCCN1CCSC1=O. The summed E-state index contributed by atoms with van der Waals surface area (Å²) >= 11 is 2.34. The fraction of sp³-hybridized carbons (Fsp3) is 0.667. The first-order chi connectivity index (χ1) is 8.09. The zero-order chi connectivity index (χ0) is 12.7. The lowest BCUT2D eigenvalue weighted by molar-refractivity contribution is -0.133. The molecule has 0 radical (unpaired) electrons. The molecule has 1 heterocycles. The second kappa shape index (κ2) is 7.44. The van der Waals surface area contributed by atoms with E-state index < -0.39 is 5.97 Å². The Hall–Kier alpha value is -0.890. The van der Waals surface area contributed by atoms with Crippen molar-refractivity contribution in [3.8, 4) is 0 Å². The van der Waals surface area contributed by atoms with E-state index in [9.17, 15) is 14.4 Å². The highest BCUT2D eigenvalue weighted by Gasteiger charge is 2.20. The van der Waals surface area contributed by atoms with Crippen molar-refractivity contribution in [1.29, 1.82) is 0 Å². The summed E-state index contributed by atoms with van der Waals surface area (Å²) in [5, 5.41) is 11.1. The van der Waals surface area contributed by atoms with Crippen LogP contribution in [0, 0.1) is 0 Å². The van der Waals surface area contributed by atoms with Crippen LogP contribution < -0.4 is 5.32 Å². The molecule has 0 spiro atoms. The highest BCUT2D eigenvalue weighted by Crippen LogP contribution is 2.15. The number of rotatable bonds is 7. The summed E-state index contributed by atoms with van der Waals surface area (Å²) in [6.45, 7) is 1.66. The van der Waals surface area contributed by atoms with E-state index >= 15 is 0 Å². The minimum atomic E-state index is -0.928. The summed E-state index contributed by atoms with van der Waals surface area (Å²) in [7, 11) is 0. The van der Waals surface area contributed by atoms with Crippen molar-refractivity contribution in [3.63, 3.8) is 0 Å². The lowest BCUT2D eigenvalue weighted by Crippen LogP contribution is -2.35. The number of carboxylic acids is 1. The van der Waals surface area contributed by atoms with Gasteiger partial charge in [-0.3, -0.25) is 14.4 Å². The maximum atomic E-state index is 11.2. The molecule has 6 nitrogen and oxygen atoms in total. The summed E-state index contributed by atoms with van der Waals surface area (Å²) < 4.78 is 0. The molecule has 0 aliphatic carbocycles. The number of carbonyl (C=O) groups is 3. The van der Waals surface area contributed by atoms with Crippen molar-refractivity contribution in [1.82, 2.24) is 10.2 Å². The van der Waals surface area contributed by atoms with Gasteiger partial charge in [-0.05, 0) is 0 Å². The predicted octanol–water partition coefficient (Wildman–Crippen LogP) is 0.0892. The summed E-state index contributed by atoms with van der Waals surface area (Å²) in [5.41, 5.74) is 0. The minimum absolute atomic E-state index is 0.0551. The van der Waals surface area contributed by atoms with Gasteiger partial charge in [0.15, 0.2) is 0 Å². The molecule has 1 aliphatic heterocycles. The van der Waals surface area contributed by atoms with E-state index in [1.165, 1.54) is 11.8 Å². The first-order valence-corrected chi connectivity index (χ1v) is 7.21. The fourth-order valence-corrected chi connectivity index (χ4v) is 2.66. The van der Waals surface area contributed by atoms with E-state index in [4.69, 9.17) is 5.11 Å². The number of carboxylic acid groups (broad SMARTS) is 1. The average molecular weight is 278 g/mol. The van der Waals surface area contributed by atoms with Gasteiger partial charge in [0.2, 0.25) is 5.91 Å². The Morgan fingerprint density at radius 3 is 2.82 bits per heavy atom. The Balaban J connectivity index is 2.03. The van der Waals surface area contributed by atoms with Gasteiger partial charge < -0.3 is 15.3 Å². The molecule has 17 heavy (non-hydrogen) atoms. The van der Waals surface area contributed by atoms with E-state index in [0.29, 0.717) is 13.1 Å². The maximum absolute atomic E-state index is 11.2. The zero-order valence-corrected chi connectivity index (χ0v) is 10.8. The molecule has 1 aliphatic rings. The lowest BCUT2D eigenvalue weighted by Gasteiger charge is -2.14. The average Bonchev–Trinajstić information content (AvgIpc) is 2.64. The molecule has 1 rings (SSSR count). The third kappa shape index (κ3) is 5.83. The van der Waals surface area contributed by atoms with Gasteiger partial charge in [0.05, 0.1) is 11.5 Å². The zero-order valence-electron chi connectivity index (χ0n) is 9.18. The highest BCUT2D eigenvalue weighted by atomic mass is 32.2. The van der Waals surface area contributed by atoms with Gasteiger partial charge >= 0.3 is 5.97 Å².